The highest BCUT2D eigenvalue weighted by Crippen LogP contribution is 2.40. The minimum absolute atomic E-state index is 0.178. The average Bonchev–Trinajstić information content (AvgIpc) is 3.28. The number of pyridine rings is 1. The van der Waals surface area contributed by atoms with E-state index in [1.165, 1.54) is 7.11 Å². The van der Waals surface area contributed by atoms with Crippen LogP contribution in [-0.2, 0) is 9.53 Å². The third-order valence-electron chi connectivity index (χ3n) is 3.50. The van der Waals surface area contributed by atoms with Crippen LogP contribution >= 0.6 is 0 Å². The minimum atomic E-state index is -0.502. The molecule has 1 aliphatic rings. The Morgan fingerprint density at radius 1 is 1.48 bits per heavy atom. The van der Waals surface area contributed by atoms with Gasteiger partial charge in [-0.15, -0.1) is 0 Å². The topological polar surface area (TPSA) is 94.3 Å². The number of carbonyl (C=O) groups is 2. The van der Waals surface area contributed by atoms with E-state index in [4.69, 9.17) is 4.52 Å². The summed E-state index contributed by atoms with van der Waals surface area (Å²) in [5, 5.41) is 6.98. The van der Waals surface area contributed by atoms with Crippen LogP contribution in [0.25, 0.3) is 11.1 Å². The molecule has 1 fully saturated rings. The largest absolute Gasteiger partial charge is 0.468 e. The molecule has 3 rings (SSSR count). The minimum Gasteiger partial charge on any atom is -0.468 e. The summed E-state index contributed by atoms with van der Waals surface area (Å²) < 4.78 is 9.68. The Hall–Kier alpha value is -2.44. The molecular weight excluding hydrogens is 274 g/mol. The van der Waals surface area contributed by atoms with Crippen LogP contribution in [0.2, 0.25) is 0 Å². The predicted molar refractivity (Wildman–Crippen MR) is 72.9 cm³/mol. The number of aryl methyl sites for hydroxylation is 1. The number of aromatic nitrogens is 2. The Labute approximate surface area is 120 Å². The maximum absolute atomic E-state index is 12.3. The number of ether oxygens (including phenoxy) is 1. The van der Waals surface area contributed by atoms with Gasteiger partial charge in [-0.25, -0.2) is 4.98 Å². The molecule has 21 heavy (non-hydrogen) atoms. The highest BCUT2D eigenvalue weighted by molar-refractivity contribution is 6.06. The number of hydrogen-bond donors (Lipinski definition) is 1. The quantitative estimate of drug-likeness (QED) is 0.853. The lowest BCUT2D eigenvalue weighted by molar-refractivity contribution is -0.139. The van der Waals surface area contributed by atoms with Gasteiger partial charge in [0, 0.05) is 11.6 Å². The number of rotatable bonds is 4. The van der Waals surface area contributed by atoms with Gasteiger partial charge in [-0.1, -0.05) is 5.16 Å². The van der Waals surface area contributed by atoms with Gasteiger partial charge in [0.1, 0.15) is 6.54 Å². The summed E-state index contributed by atoms with van der Waals surface area (Å²) in [5.41, 5.74) is 2.23. The third kappa shape index (κ3) is 2.58. The zero-order valence-corrected chi connectivity index (χ0v) is 11.8. The number of nitrogens with zero attached hydrogens (tertiary/aromatic N) is 2. The van der Waals surface area contributed by atoms with E-state index in [0.717, 1.165) is 18.5 Å². The van der Waals surface area contributed by atoms with Crippen molar-refractivity contribution in [1.82, 2.24) is 15.5 Å². The molecule has 0 bridgehead atoms. The van der Waals surface area contributed by atoms with E-state index in [1.54, 1.807) is 13.0 Å². The van der Waals surface area contributed by atoms with E-state index >= 15 is 0 Å². The Morgan fingerprint density at radius 3 is 2.90 bits per heavy atom. The van der Waals surface area contributed by atoms with Crippen LogP contribution in [-0.4, -0.2) is 35.7 Å². The van der Waals surface area contributed by atoms with Crippen molar-refractivity contribution in [2.45, 2.75) is 25.7 Å². The van der Waals surface area contributed by atoms with Crippen molar-refractivity contribution in [3.8, 4) is 0 Å². The SMILES string of the molecule is COC(=O)CNC(=O)c1cc(C2CC2)nc2onc(C)c12. The zero-order valence-electron chi connectivity index (χ0n) is 11.8. The number of carbonyl (C=O) groups excluding carboxylic acids is 2. The van der Waals surface area contributed by atoms with Crippen LogP contribution in [0.15, 0.2) is 10.6 Å². The maximum atomic E-state index is 12.3. The Balaban J connectivity index is 1.96. The first-order valence-electron chi connectivity index (χ1n) is 6.72. The maximum Gasteiger partial charge on any atom is 0.325 e. The molecular formula is C14H15N3O4. The van der Waals surface area contributed by atoms with Gasteiger partial charge in [0.2, 0.25) is 0 Å². The normalized spacial score (nSPS) is 14.2. The summed E-state index contributed by atoms with van der Waals surface area (Å²) in [4.78, 5) is 27.9. The summed E-state index contributed by atoms with van der Waals surface area (Å²) in [6.45, 7) is 1.57. The molecule has 1 aliphatic carbocycles. The monoisotopic (exact) mass is 289 g/mol. The number of esters is 1. The number of nitrogens with one attached hydrogen (secondary N) is 1. The van der Waals surface area contributed by atoms with E-state index < -0.39 is 5.97 Å². The third-order valence-corrected chi connectivity index (χ3v) is 3.50. The van der Waals surface area contributed by atoms with Crippen molar-refractivity contribution in [2.24, 2.45) is 0 Å². The van der Waals surface area contributed by atoms with Crippen molar-refractivity contribution in [2.75, 3.05) is 13.7 Å². The molecule has 1 amide bonds. The van der Waals surface area contributed by atoms with Crippen LogP contribution in [0.4, 0.5) is 0 Å². The average molecular weight is 289 g/mol. The van der Waals surface area contributed by atoms with Gasteiger partial charge >= 0.3 is 5.97 Å². The van der Waals surface area contributed by atoms with E-state index in [0.29, 0.717) is 28.3 Å². The summed E-state index contributed by atoms with van der Waals surface area (Å²) in [6, 6.07) is 1.76. The Morgan fingerprint density at radius 2 is 2.24 bits per heavy atom. The van der Waals surface area contributed by atoms with Gasteiger partial charge in [0.15, 0.2) is 0 Å². The zero-order chi connectivity index (χ0) is 15.0. The van der Waals surface area contributed by atoms with Gasteiger partial charge in [-0.3, -0.25) is 9.59 Å². The van der Waals surface area contributed by atoms with Gasteiger partial charge < -0.3 is 14.6 Å². The van der Waals surface area contributed by atoms with E-state index in [1.807, 2.05) is 0 Å². The van der Waals surface area contributed by atoms with E-state index in [2.05, 4.69) is 20.2 Å². The first-order chi connectivity index (χ1) is 10.1. The van der Waals surface area contributed by atoms with Crippen molar-refractivity contribution in [1.29, 1.82) is 0 Å². The second-order valence-electron chi connectivity index (χ2n) is 5.08. The fourth-order valence-corrected chi connectivity index (χ4v) is 2.20. The summed E-state index contributed by atoms with van der Waals surface area (Å²) in [6.07, 6.45) is 2.13. The molecule has 2 heterocycles. The number of fused-ring (bicyclic) bond motifs is 1. The van der Waals surface area contributed by atoms with Gasteiger partial charge in [0.05, 0.1) is 23.8 Å². The molecule has 0 unspecified atom stereocenters. The molecule has 110 valence electrons. The molecule has 0 spiro atoms. The second-order valence-corrected chi connectivity index (χ2v) is 5.08. The highest BCUT2D eigenvalue weighted by atomic mass is 16.5. The molecule has 0 aromatic carbocycles. The van der Waals surface area contributed by atoms with Crippen LogP contribution in [0.5, 0.6) is 0 Å². The van der Waals surface area contributed by atoms with Crippen LogP contribution < -0.4 is 5.32 Å². The number of amides is 1. The molecule has 2 aromatic rings. The Kier molecular flexibility index (Phi) is 3.32. The fourth-order valence-electron chi connectivity index (χ4n) is 2.20. The molecule has 0 aliphatic heterocycles. The van der Waals surface area contributed by atoms with E-state index in [-0.39, 0.29) is 12.5 Å². The molecule has 2 aromatic heterocycles. The smallest absolute Gasteiger partial charge is 0.325 e. The fraction of sp³-hybridized carbons (Fsp3) is 0.429. The van der Waals surface area contributed by atoms with E-state index in [9.17, 15) is 9.59 Å². The predicted octanol–water partition coefficient (Wildman–Crippen LogP) is 1.31. The summed E-state index contributed by atoms with van der Waals surface area (Å²) in [7, 11) is 1.27. The van der Waals surface area contributed by atoms with Crippen LogP contribution in [0.3, 0.4) is 0 Å². The lowest BCUT2D eigenvalue weighted by Crippen LogP contribution is -2.30. The molecule has 0 saturated heterocycles. The number of hydrogen-bond acceptors (Lipinski definition) is 6. The van der Waals surface area contributed by atoms with Gasteiger partial charge in [-0.2, -0.15) is 0 Å². The van der Waals surface area contributed by atoms with Crippen molar-refractivity contribution < 1.29 is 18.8 Å². The first-order valence-corrected chi connectivity index (χ1v) is 6.72. The molecule has 7 nitrogen and oxygen atoms in total. The molecule has 0 radical (unpaired) electrons. The number of methoxy groups -OCH3 is 1. The van der Waals surface area contributed by atoms with Crippen LogP contribution in [0.1, 0.15) is 40.5 Å². The van der Waals surface area contributed by atoms with Crippen molar-refractivity contribution in [3.05, 3.63) is 23.0 Å². The van der Waals surface area contributed by atoms with Crippen molar-refractivity contribution >= 4 is 23.0 Å². The first kappa shape index (κ1) is 13.5. The second kappa shape index (κ2) is 5.16. The molecule has 1 N–H and O–H groups in total. The van der Waals surface area contributed by atoms with Crippen molar-refractivity contribution in [3.63, 3.8) is 0 Å². The summed E-state index contributed by atoms with van der Waals surface area (Å²) >= 11 is 0. The lowest BCUT2D eigenvalue weighted by atomic mass is 10.1. The molecule has 7 heteroatoms. The lowest BCUT2D eigenvalue weighted by Gasteiger charge is -2.07. The van der Waals surface area contributed by atoms with Gasteiger partial charge in [-0.05, 0) is 25.8 Å². The summed E-state index contributed by atoms with van der Waals surface area (Å²) in [5.74, 6) is -0.480. The Bertz CT molecular complexity index is 718. The highest BCUT2D eigenvalue weighted by Gasteiger charge is 2.28. The van der Waals surface area contributed by atoms with Gasteiger partial charge in [0.25, 0.3) is 11.6 Å². The molecule has 0 atom stereocenters. The standard InChI is InChI=1S/C14H15N3O4/c1-7-12-9(13(19)15-6-11(18)20-2)5-10(8-3-4-8)16-14(12)21-17-7/h5,8H,3-4,6H2,1-2H3,(H,15,19). The molecule has 1 saturated carbocycles. The van der Waals surface area contributed by atoms with Crippen LogP contribution in [0, 0.1) is 6.92 Å².